The van der Waals surface area contributed by atoms with Gasteiger partial charge in [-0.2, -0.15) is 18.3 Å². The summed E-state index contributed by atoms with van der Waals surface area (Å²) in [5.74, 6) is -2.18. The van der Waals surface area contributed by atoms with E-state index in [1.165, 1.54) is 23.6 Å². The molecule has 2 aliphatic rings. The van der Waals surface area contributed by atoms with E-state index in [0.717, 1.165) is 11.1 Å². The van der Waals surface area contributed by atoms with Crippen molar-refractivity contribution in [3.05, 3.63) is 46.5 Å². The number of nitrogens with zero attached hydrogens (tertiary/aromatic N) is 4. The lowest BCUT2D eigenvalue weighted by molar-refractivity contribution is -0.148. The predicted octanol–water partition coefficient (Wildman–Crippen LogP) is 2.15. The number of hydrogen-bond donors (Lipinski definition) is 2. The second kappa shape index (κ2) is 9.17. The molecule has 0 fully saturated rings. The molecule has 1 atom stereocenters. The second-order valence-corrected chi connectivity index (χ2v) is 8.22. The van der Waals surface area contributed by atoms with Crippen molar-refractivity contribution in [1.82, 2.24) is 25.1 Å². The average molecular weight is 498 g/mol. The third-order valence-corrected chi connectivity index (χ3v) is 5.66. The molecule has 188 valence electrons. The maximum atomic E-state index is 13.5. The van der Waals surface area contributed by atoms with Gasteiger partial charge in [0.15, 0.2) is 0 Å². The molecule has 2 aliphatic heterocycles. The van der Waals surface area contributed by atoms with Gasteiger partial charge in [0.25, 0.3) is 5.91 Å². The van der Waals surface area contributed by atoms with Gasteiger partial charge >= 0.3 is 12.2 Å². The van der Waals surface area contributed by atoms with Crippen LogP contribution in [0.2, 0.25) is 0 Å². The molecule has 3 heterocycles. The lowest BCUT2D eigenvalue weighted by Gasteiger charge is -2.27. The van der Waals surface area contributed by atoms with Crippen molar-refractivity contribution < 1.29 is 36.8 Å². The van der Waals surface area contributed by atoms with Crippen molar-refractivity contribution in [3.8, 4) is 0 Å². The zero-order chi connectivity index (χ0) is 25.5. The summed E-state index contributed by atoms with van der Waals surface area (Å²) in [7, 11) is 1.43. The van der Waals surface area contributed by atoms with Gasteiger partial charge in [0.05, 0.1) is 24.3 Å². The summed E-state index contributed by atoms with van der Waals surface area (Å²) in [5.41, 5.74) is -0.352. The molecule has 0 aliphatic carbocycles. The van der Waals surface area contributed by atoms with Crippen LogP contribution < -0.4 is 10.6 Å². The van der Waals surface area contributed by atoms with Crippen LogP contribution in [0.15, 0.2) is 18.2 Å². The highest BCUT2D eigenvalue weighted by molar-refractivity contribution is 5.94. The molecule has 1 unspecified atom stereocenters. The first kappa shape index (κ1) is 24.4. The van der Waals surface area contributed by atoms with Gasteiger partial charge in [-0.3, -0.25) is 19.1 Å². The fourth-order valence-corrected chi connectivity index (χ4v) is 4.00. The number of carbonyl (C=O) groups excluding carboxylic acids is 3. The molecule has 1 aromatic carbocycles. The molecule has 0 radical (unpaired) electrons. The minimum atomic E-state index is -4.91. The molecule has 35 heavy (non-hydrogen) atoms. The Labute approximate surface area is 196 Å². The van der Waals surface area contributed by atoms with E-state index in [1.807, 2.05) is 0 Å². The number of nitrogens with one attached hydrogen (secondary N) is 2. The number of amides is 4. The Hall–Kier alpha value is -3.68. The van der Waals surface area contributed by atoms with E-state index >= 15 is 0 Å². The first-order chi connectivity index (χ1) is 16.4. The summed E-state index contributed by atoms with van der Waals surface area (Å²) in [6.45, 7) is 1.89. The van der Waals surface area contributed by atoms with Gasteiger partial charge in [-0.05, 0) is 18.2 Å². The van der Waals surface area contributed by atoms with E-state index in [4.69, 9.17) is 4.84 Å². The summed E-state index contributed by atoms with van der Waals surface area (Å²) in [4.78, 5) is 43.9. The molecule has 2 N–H and O–H groups in total. The van der Waals surface area contributed by atoms with Crippen molar-refractivity contribution in [1.29, 1.82) is 0 Å². The van der Waals surface area contributed by atoms with Crippen LogP contribution >= 0.6 is 0 Å². The third kappa shape index (κ3) is 5.06. The molecule has 0 bridgehead atoms. The summed E-state index contributed by atoms with van der Waals surface area (Å²) in [6, 6.07) is 1.50. The average Bonchev–Trinajstić information content (AvgIpc) is 3.08. The summed E-state index contributed by atoms with van der Waals surface area (Å²) >= 11 is 0. The molecule has 4 amide bonds. The summed E-state index contributed by atoms with van der Waals surface area (Å²) < 4.78 is 54.0. The number of hydroxylamine groups is 2. The number of fused-ring (bicyclic) bond motifs is 3. The standard InChI is InChI=1S/C21H22F4N6O4/c1-11(32)26-8-13-9-31-18(19(33)29(2)35-13)14-10-30(6-5-17(14)28-31)20(34)27-12-3-4-16(22)15(7-12)21(23,24)25/h3-4,7,13H,5-6,8-10H2,1-2H3,(H,26,32)(H,27,34). The molecular formula is C21H22F4N6O4. The first-order valence-electron chi connectivity index (χ1n) is 10.6. The minimum absolute atomic E-state index is 0.0141. The highest BCUT2D eigenvalue weighted by atomic mass is 19.4. The molecule has 4 rings (SSSR count). The monoisotopic (exact) mass is 498 g/mol. The second-order valence-electron chi connectivity index (χ2n) is 8.22. The number of halogens is 4. The predicted molar refractivity (Wildman–Crippen MR) is 112 cm³/mol. The Morgan fingerprint density at radius 3 is 2.71 bits per heavy atom. The van der Waals surface area contributed by atoms with E-state index in [2.05, 4.69) is 15.7 Å². The highest BCUT2D eigenvalue weighted by Gasteiger charge is 2.36. The van der Waals surface area contributed by atoms with Crippen molar-refractivity contribution in [2.24, 2.45) is 0 Å². The number of hydrogen-bond acceptors (Lipinski definition) is 5. The molecular weight excluding hydrogens is 476 g/mol. The third-order valence-electron chi connectivity index (χ3n) is 5.66. The normalized spacial score (nSPS) is 18.0. The Balaban J connectivity index is 1.53. The summed E-state index contributed by atoms with van der Waals surface area (Å²) in [5, 5.41) is 10.5. The Kier molecular flexibility index (Phi) is 6.40. The first-order valence-corrected chi connectivity index (χ1v) is 10.6. The number of rotatable bonds is 3. The Morgan fingerprint density at radius 1 is 1.29 bits per heavy atom. The Morgan fingerprint density at radius 2 is 2.03 bits per heavy atom. The maximum Gasteiger partial charge on any atom is 0.419 e. The fraction of sp³-hybridized carbons (Fsp3) is 0.429. The SMILES string of the molecule is CC(=O)NCC1Cn2nc3c(c2C(=O)N(C)O1)CN(C(=O)Nc1ccc(F)c(C(F)(F)F)c1)CC3. The fourth-order valence-electron chi connectivity index (χ4n) is 4.00. The summed E-state index contributed by atoms with van der Waals surface area (Å²) in [6.07, 6.45) is -5.16. The molecule has 14 heteroatoms. The topological polar surface area (TPSA) is 109 Å². The number of anilines is 1. The lowest BCUT2D eigenvalue weighted by atomic mass is 10.1. The van der Waals surface area contributed by atoms with Crippen molar-refractivity contribution in [3.63, 3.8) is 0 Å². The van der Waals surface area contributed by atoms with Crippen molar-refractivity contribution in [2.45, 2.75) is 38.7 Å². The van der Waals surface area contributed by atoms with Crippen LogP contribution in [0.4, 0.5) is 28.0 Å². The molecule has 2 aromatic rings. The molecule has 0 saturated heterocycles. The zero-order valence-corrected chi connectivity index (χ0v) is 18.8. The van der Waals surface area contributed by atoms with Crippen LogP contribution in [0.1, 0.15) is 34.2 Å². The lowest BCUT2D eigenvalue weighted by Crippen LogP contribution is -2.40. The number of urea groups is 1. The van der Waals surface area contributed by atoms with Crippen molar-refractivity contribution >= 4 is 23.5 Å². The van der Waals surface area contributed by atoms with Gasteiger partial charge in [-0.25, -0.2) is 14.2 Å². The largest absolute Gasteiger partial charge is 0.419 e. The van der Waals surface area contributed by atoms with Gasteiger partial charge in [-0.15, -0.1) is 0 Å². The zero-order valence-electron chi connectivity index (χ0n) is 18.8. The van der Waals surface area contributed by atoms with E-state index in [9.17, 15) is 31.9 Å². The van der Waals surface area contributed by atoms with E-state index in [1.54, 1.807) is 0 Å². The Bertz CT molecular complexity index is 1180. The molecule has 0 spiro atoms. The van der Waals surface area contributed by atoms with E-state index in [0.29, 0.717) is 29.8 Å². The quantitative estimate of drug-likeness (QED) is 0.631. The molecule has 1 aromatic heterocycles. The van der Waals surface area contributed by atoms with Gasteiger partial charge in [0.2, 0.25) is 5.91 Å². The highest BCUT2D eigenvalue weighted by Crippen LogP contribution is 2.33. The van der Waals surface area contributed by atoms with Crippen LogP contribution in [-0.4, -0.2) is 63.8 Å². The van der Waals surface area contributed by atoms with Crippen molar-refractivity contribution in [2.75, 3.05) is 25.5 Å². The van der Waals surface area contributed by atoms with Crippen LogP contribution in [-0.2, 0) is 35.3 Å². The van der Waals surface area contributed by atoms with E-state index in [-0.39, 0.29) is 43.5 Å². The van der Waals surface area contributed by atoms with Crippen LogP contribution in [0.25, 0.3) is 0 Å². The molecule has 0 saturated carbocycles. The van der Waals surface area contributed by atoms with Gasteiger partial charge in [0.1, 0.15) is 17.6 Å². The number of benzene rings is 1. The van der Waals surface area contributed by atoms with Gasteiger partial charge in [-0.1, -0.05) is 0 Å². The smallest absolute Gasteiger partial charge is 0.354 e. The van der Waals surface area contributed by atoms with Crippen LogP contribution in [0, 0.1) is 5.82 Å². The number of alkyl halides is 3. The van der Waals surface area contributed by atoms with E-state index < -0.39 is 35.6 Å². The van der Waals surface area contributed by atoms with Crippen LogP contribution in [0.3, 0.4) is 0 Å². The van der Waals surface area contributed by atoms with Gasteiger partial charge < -0.3 is 15.5 Å². The minimum Gasteiger partial charge on any atom is -0.354 e. The van der Waals surface area contributed by atoms with Gasteiger partial charge in [0, 0.05) is 44.7 Å². The number of carbonyl (C=O) groups is 3. The van der Waals surface area contributed by atoms with Crippen LogP contribution in [0.5, 0.6) is 0 Å². The molecule has 10 nitrogen and oxygen atoms in total. The maximum absolute atomic E-state index is 13.5. The number of aromatic nitrogens is 2.